The van der Waals surface area contributed by atoms with Crippen molar-refractivity contribution in [3.05, 3.63) is 119 Å². The molecular weight excluding hydrogens is 863 g/mol. The second-order valence-corrected chi connectivity index (χ2v) is 22.1. The molecule has 0 unspecified atom stereocenters. The van der Waals surface area contributed by atoms with Gasteiger partial charge < -0.3 is 24.8 Å². The van der Waals surface area contributed by atoms with E-state index >= 15 is 0 Å². The molecule has 0 N–H and O–H groups in total. The van der Waals surface area contributed by atoms with Crippen molar-refractivity contribution >= 4 is 40.0 Å². The van der Waals surface area contributed by atoms with E-state index in [1.165, 1.54) is 183 Å². The van der Waals surface area contributed by atoms with Gasteiger partial charge in [0.05, 0.1) is 0 Å². The van der Waals surface area contributed by atoms with Gasteiger partial charge in [0.1, 0.15) is 0 Å². The first-order valence-electron chi connectivity index (χ1n) is 23.5. The Morgan fingerprint density at radius 1 is 0.400 bits per heavy atom. The third-order valence-electron chi connectivity index (χ3n) is 13.0. The van der Waals surface area contributed by atoms with E-state index in [0.717, 1.165) is 0 Å². The van der Waals surface area contributed by atoms with Crippen LogP contribution in [0, 0.1) is 0 Å². The normalized spacial score (nSPS) is 11.4. The van der Waals surface area contributed by atoms with Crippen molar-refractivity contribution in [2.45, 2.75) is 169 Å². The van der Waals surface area contributed by atoms with Crippen LogP contribution in [0.2, 0.25) is 13.1 Å². The van der Waals surface area contributed by atoms with Crippen molar-refractivity contribution in [1.29, 1.82) is 0 Å². The van der Waals surface area contributed by atoms with Gasteiger partial charge in [0.15, 0.2) is 0 Å². The van der Waals surface area contributed by atoms with Crippen LogP contribution in [-0.2, 0) is 51.9 Å². The summed E-state index contributed by atoms with van der Waals surface area (Å²) in [6.07, 6.45) is 25.6. The second-order valence-electron chi connectivity index (χ2n) is 17.9. The number of hydrogen-bond acceptors (Lipinski definition) is 0. The summed E-state index contributed by atoms with van der Waals surface area (Å²) in [5.74, 6) is 0. The van der Waals surface area contributed by atoms with Crippen LogP contribution in [0.1, 0.15) is 153 Å². The van der Waals surface area contributed by atoms with E-state index in [2.05, 4.69) is 138 Å². The quantitative estimate of drug-likeness (QED) is 0.0322. The molecule has 0 heterocycles. The van der Waals surface area contributed by atoms with E-state index < -0.39 is 8.07 Å². The maximum atomic E-state index is 2.72. The molecule has 0 saturated carbocycles. The Balaban J connectivity index is 0.00000320. The van der Waals surface area contributed by atoms with Gasteiger partial charge in [-0.05, 0) is 60.8 Å². The molecule has 6 aromatic rings. The SMILES string of the molecule is CCCCCCc1ccc(-c2cccc3[cH-]c(CCCCCC)c([Si](C)(C)c4c(CCCCCC)[cH-]c5cccc(-c6ccc(CCCCCC)cc6)c45)c23)cc1.[Cl-].[Cl-].[Zr+4]. The van der Waals surface area contributed by atoms with Gasteiger partial charge in [-0.25, -0.2) is 0 Å². The van der Waals surface area contributed by atoms with Crippen LogP contribution < -0.4 is 35.2 Å². The number of halogens is 2. The molecule has 0 fully saturated rings. The zero-order valence-electron chi connectivity index (χ0n) is 38.1. The van der Waals surface area contributed by atoms with Crippen LogP contribution in [0.4, 0.5) is 0 Å². The zero-order chi connectivity index (χ0) is 40.0. The molecule has 0 nitrogen and oxygen atoms in total. The predicted octanol–water partition coefficient (Wildman–Crippen LogP) is 10.1. The largest absolute Gasteiger partial charge is 4.00 e. The van der Waals surface area contributed by atoms with Gasteiger partial charge >= 0.3 is 26.2 Å². The summed E-state index contributed by atoms with van der Waals surface area (Å²) in [7, 11) is -2.31. The van der Waals surface area contributed by atoms with E-state index in [1.54, 1.807) is 21.5 Å². The molecule has 0 aromatic heterocycles. The van der Waals surface area contributed by atoms with Gasteiger partial charge in [-0.15, -0.1) is 69.1 Å². The average molecular weight is 937 g/mol. The molecule has 0 amide bonds. The Labute approximate surface area is 398 Å². The molecule has 0 saturated heterocycles. The average Bonchev–Trinajstić information content (AvgIpc) is 3.81. The van der Waals surface area contributed by atoms with Gasteiger partial charge in [0.25, 0.3) is 0 Å². The zero-order valence-corrected chi connectivity index (χ0v) is 43.1. The number of fused-ring (bicyclic) bond motifs is 2. The fraction of sp³-hybridized carbons (Fsp3) is 0.464. The Morgan fingerprint density at radius 2 is 0.733 bits per heavy atom. The molecule has 0 aliphatic rings. The minimum atomic E-state index is -2.31. The monoisotopic (exact) mass is 934 g/mol. The minimum absolute atomic E-state index is 0. The summed E-state index contributed by atoms with van der Waals surface area (Å²) in [5, 5.41) is 9.35. The predicted molar refractivity (Wildman–Crippen MR) is 258 cm³/mol. The van der Waals surface area contributed by atoms with E-state index in [1.807, 2.05) is 0 Å². The summed E-state index contributed by atoms with van der Waals surface area (Å²) in [4.78, 5) is 0. The van der Waals surface area contributed by atoms with Crippen molar-refractivity contribution in [1.82, 2.24) is 0 Å². The first-order chi connectivity index (χ1) is 27.9. The fourth-order valence-corrected chi connectivity index (χ4v) is 14.0. The molecule has 320 valence electrons. The Bertz CT molecular complexity index is 1970. The Morgan fingerprint density at radius 3 is 1.07 bits per heavy atom. The summed E-state index contributed by atoms with van der Waals surface area (Å²) >= 11 is 0. The molecule has 0 aliphatic heterocycles. The van der Waals surface area contributed by atoms with Gasteiger partial charge in [0.2, 0.25) is 0 Å². The molecule has 6 rings (SSSR count). The van der Waals surface area contributed by atoms with Crippen molar-refractivity contribution in [2.75, 3.05) is 0 Å². The summed E-state index contributed by atoms with van der Waals surface area (Å²) in [5.41, 5.74) is 11.8. The first-order valence-corrected chi connectivity index (χ1v) is 26.5. The van der Waals surface area contributed by atoms with Gasteiger partial charge in [0, 0.05) is 8.07 Å². The molecular formula is C56H74Cl2SiZr. The summed E-state index contributed by atoms with van der Waals surface area (Å²) < 4.78 is 0. The Hall–Kier alpha value is -2.22. The molecule has 60 heavy (non-hydrogen) atoms. The summed E-state index contributed by atoms with van der Waals surface area (Å²) in [6.45, 7) is 14.7. The smallest absolute Gasteiger partial charge is 1.00 e. The summed E-state index contributed by atoms with van der Waals surface area (Å²) in [6, 6.07) is 38.9. The van der Waals surface area contributed by atoms with Crippen molar-refractivity contribution < 1.29 is 51.0 Å². The maximum absolute atomic E-state index is 2.72. The molecule has 0 bridgehead atoms. The number of aryl methyl sites for hydroxylation is 4. The van der Waals surface area contributed by atoms with Crippen LogP contribution in [0.5, 0.6) is 0 Å². The molecule has 0 radical (unpaired) electrons. The minimum Gasteiger partial charge on any atom is -1.00 e. The van der Waals surface area contributed by atoms with Crippen LogP contribution in [0.15, 0.2) is 97.1 Å². The number of unbranched alkanes of at least 4 members (excludes halogenated alkanes) is 12. The molecule has 0 spiro atoms. The fourth-order valence-electron chi connectivity index (χ4n) is 9.91. The molecule has 0 aliphatic carbocycles. The van der Waals surface area contributed by atoms with Crippen LogP contribution >= 0.6 is 0 Å². The second kappa shape index (κ2) is 26.4. The van der Waals surface area contributed by atoms with E-state index in [-0.39, 0.29) is 51.0 Å². The first kappa shape index (κ1) is 52.1. The number of benzene rings is 4. The van der Waals surface area contributed by atoms with E-state index in [4.69, 9.17) is 0 Å². The van der Waals surface area contributed by atoms with Crippen molar-refractivity contribution in [2.24, 2.45) is 0 Å². The molecule has 4 heteroatoms. The van der Waals surface area contributed by atoms with Crippen LogP contribution in [0.3, 0.4) is 0 Å². The third kappa shape index (κ3) is 12.9. The molecule has 6 aromatic carbocycles. The van der Waals surface area contributed by atoms with Crippen LogP contribution in [0.25, 0.3) is 43.8 Å². The van der Waals surface area contributed by atoms with E-state index in [0.29, 0.717) is 0 Å². The van der Waals surface area contributed by atoms with Gasteiger partial charge in [-0.2, -0.15) is 10.4 Å². The standard InChI is InChI=1S/C56H74Si.2ClH.Zr/c1-7-11-15-19-25-43-33-37-45(38-34-43)51-31-23-29-47-41-49(27-21-17-13-9-3)55(53(47)51)57(5,6)56-50(28-22-18-14-10-4)42-48-30-24-32-52(54(48)56)46-39-35-44(36-40-46)26-20-16-12-8-2;;;/h23-24,29-42H,7-22,25-28H2,1-6H3;2*1H;/q-2;;;+4/p-2. The Kier molecular flexibility index (Phi) is 22.9. The van der Waals surface area contributed by atoms with E-state index in [9.17, 15) is 0 Å². The number of hydrogen-bond donors (Lipinski definition) is 0. The van der Waals surface area contributed by atoms with Crippen molar-refractivity contribution in [3.8, 4) is 22.3 Å². The topological polar surface area (TPSA) is 0 Å². The maximum Gasteiger partial charge on any atom is 4.00 e. The molecule has 0 atom stereocenters. The third-order valence-corrected chi connectivity index (χ3v) is 16.7. The number of rotatable bonds is 24. The van der Waals surface area contributed by atoms with Gasteiger partial charge in [-0.1, -0.05) is 202 Å². The van der Waals surface area contributed by atoms with Crippen molar-refractivity contribution in [3.63, 3.8) is 0 Å². The van der Waals surface area contributed by atoms with Gasteiger partial charge in [-0.3, -0.25) is 0 Å². The van der Waals surface area contributed by atoms with Crippen LogP contribution in [-0.4, -0.2) is 8.07 Å².